The Balaban J connectivity index is 2.40. The molecule has 0 aliphatic heterocycles. The molecule has 0 aliphatic carbocycles. The summed E-state index contributed by atoms with van der Waals surface area (Å²) in [4.78, 5) is 1.08. The van der Waals surface area contributed by atoms with Crippen molar-refractivity contribution in [3.63, 3.8) is 0 Å². The first-order valence-corrected chi connectivity index (χ1v) is 6.33. The summed E-state index contributed by atoms with van der Waals surface area (Å²) < 4.78 is 2.57. The van der Waals surface area contributed by atoms with E-state index in [-0.39, 0.29) is 11.5 Å². The minimum Gasteiger partial charge on any atom is -0.387 e. The highest BCUT2D eigenvalue weighted by molar-refractivity contribution is 7.26. The van der Waals surface area contributed by atoms with Crippen LogP contribution in [0.25, 0.3) is 9.40 Å². The highest BCUT2D eigenvalue weighted by atomic mass is 32.1. The van der Waals surface area contributed by atoms with Gasteiger partial charge in [-0.15, -0.1) is 22.7 Å². The summed E-state index contributed by atoms with van der Waals surface area (Å²) in [5.74, 6) is 0. The van der Waals surface area contributed by atoms with Crippen molar-refractivity contribution in [2.45, 2.75) is 26.9 Å². The molecule has 1 unspecified atom stereocenters. The fourth-order valence-electron chi connectivity index (χ4n) is 1.35. The molecule has 0 bridgehead atoms. The standard InChI is InChI=1S/C11H14OS2/c1-11(2,3)10(12)9-6-8-7(14-9)4-5-13-8/h4-6,10,12H,1-3H3. The van der Waals surface area contributed by atoms with Crippen LogP contribution in [0.15, 0.2) is 17.5 Å². The molecular weight excluding hydrogens is 212 g/mol. The molecule has 0 fully saturated rings. The summed E-state index contributed by atoms with van der Waals surface area (Å²) in [6.45, 7) is 6.18. The third-order valence-electron chi connectivity index (χ3n) is 2.25. The summed E-state index contributed by atoms with van der Waals surface area (Å²) in [5.41, 5.74) is -0.0764. The maximum Gasteiger partial charge on any atom is 0.0930 e. The molecule has 3 heteroatoms. The predicted octanol–water partition coefficient (Wildman–Crippen LogP) is 4.04. The van der Waals surface area contributed by atoms with Crippen molar-refractivity contribution in [3.8, 4) is 0 Å². The van der Waals surface area contributed by atoms with Crippen molar-refractivity contribution in [2.24, 2.45) is 5.41 Å². The monoisotopic (exact) mass is 226 g/mol. The van der Waals surface area contributed by atoms with Crippen LogP contribution >= 0.6 is 22.7 Å². The molecular formula is C11H14OS2. The van der Waals surface area contributed by atoms with Gasteiger partial charge in [-0.2, -0.15) is 0 Å². The smallest absolute Gasteiger partial charge is 0.0930 e. The van der Waals surface area contributed by atoms with Crippen molar-refractivity contribution in [2.75, 3.05) is 0 Å². The lowest BCUT2D eigenvalue weighted by molar-refractivity contribution is 0.0659. The SMILES string of the molecule is CC(C)(C)C(O)c1cc2sccc2s1. The third kappa shape index (κ3) is 1.72. The zero-order valence-corrected chi connectivity index (χ0v) is 10.2. The van der Waals surface area contributed by atoms with Crippen molar-refractivity contribution < 1.29 is 5.11 Å². The number of thiophene rings is 2. The molecule has 2 rings (SSSR count). The van der Waals surface area contributed by atoms with E-state index in [1.807, 2.05) is 0 Å². The molecule has 0 radical (unpaired) electrons. The van der Waals surface area contributed by atoms with Gasteiger partial charge in [-0.3, -0.25) is 0 Å². The van der Waals surface area contributed by atoms with Crippen LogP contribution in [0, 0.1) is 5.41 Å². The molecule has 0 spiro atoms. The lowest BCUT2D eigenvalue weighted by Crippen LogP contribution is -2.16. The second kappa shape index (κ2) is 3.33. The van der Waals surface area contributed by atoms with Gasteiger partial charge >= 0.3 is 0 Å². The Bertz CT molecular complexity index is 405. The van der Waals surface area contributed by atoms with Crippen LogP contribution in [0.3, 0.4) is 0 Å². The number of aliphatic hydroxyl groups excluding tert-OH is 1. The molecule has 76 valence electrons. The first-order valence-electron chi connectivity index (χ1n) is 4.63. The van der Waals surface area contributed by atoms with Gasteiger partial charge in [-0.05, 0) is 22.9 Å². The molecule has 2 aromatic rings. The van der Waals surface area contributed by atoms with Crippen LogP contribution in [-0.2, 0) is 0 Å². The molecule has 14 heavy (non-hydrogen) atoms. The topological polar surface area (TPSA) is 20.2 Å². The van der Waals surface area contributed by atoms with Crippen LogP contribution in [0.1, 0.15) is 31.8 Å². The van der Waals surface area contributed by atoms with E-state index in [1.165, 1.54) is 9.40 Å². The average molecular weight is 226 g/mol. The molecule has 0 saturated carbocycles. The number of fused-ring (bicyclic) bond motifs is 1. The van der Waals surface area contributed by atoms with E-state index in [1.54, 1.807) is 22.7 Å². The van der Waals surface area contributed by atoms with E-state index < -0.39 is 0 Å². The predicted molar refractivity (Wildman–Crippen MR) is 64.1 cm³/mol. The normalized spacial score (nSPS) is 14.9. The fraction of sp³-hybridized carbons (Fsp3) is 0.455. The van der Waals surface area contributed by atoms with E-state index in [4.69, 9.17) is 0 Å². The van der Waals surface area contributed by atoms with Crippen LogP contribution in [-0.4, -0.2) is 5.11 Å². The molecule has 1 N–H and O–H groups in total. The number of rotatable bonds is 1. The molecule has 0 saturated heterocycles. The lowest BCUT2D eigenvalue weighted by atomic mass is 9.88. The van der Waals surface area contributed by atoms with Gasteiger partial charge in [0.1, 0.15) is 0 Å². The van der Waals surface area contributed by atoms with Gasteiger partial charge in [0, 0.05) is 14.3 Å². The molecule has 0 aliphatic rings. The largest absolute Gasteiger partial charge is 0.387 e. The Kier molecular flexibility index (Phi) is 2.41. The van der Waals surface area contributed by atoms with Gasteiger partial charge in [0.05, 0.1) is 6.10 Å². The Morgan fingerprint density at radius 1 is 1.29 bits per heavy atom. The van der Waals surface area contributed by atoms with Crippen molar-refractivity contribution in [1.29, 1.82) is 0 Å². The lowest BCUT2D eigenvalue weighted by Gasteiger charge is -2.24. The quantitative estimate of drug-likeness (QED) is 0.778. The van der Waals surface area contributed by atoms with E-state index >= 15 is 0 Å². The van der Waals surface area contributed by atoms with Gasteiger partial charge in [-0.25, -0.2) is 0 Å². The van der Waals surface area contributed by atoms with Crippen LogP contribution in [0.4, 0.5) is 0 Å². The second-order valence-corrected chi connectivity index (χ2v) is 6.63. The Hall–Kier alpha value is -0.380. The summed E-state index contributed by atoms with van der Waals surface area (Å²) in [5, 5.41) is 12.2. The molecule has 2 aromatic heterocycles. The van der Waals surface area contributed by atoms with Crippen molar-refractivity contribution in [1.82, 2.24) is 0 Å². The molecule has 0 aromatic carbocycles. The summed E-state index contributed by atoms with van der Waals surface area (Å²) >= 11 is 3.43. The van der Waals surface area contributed by atoms with Crippen molar-refractivity contribution in [3.05, 3.63) is 22.4 Å². The van der Waals surface area contributed by atoms with E-state index in [2.05, 4.69) is 38.3 Å². The highest BCUT2D eigenvalue weighted by Crippen LogP contribution is 2.40. The van der Waals surface area contributed by atoms with Crippen molar-refractivity contribution >= 4 is 32.1 Å². The first kappa shape index (κ1) is 10.1. The molecule has 1 nitrogen and oxygen atoms in total. The Morgan fingerprint density at radius 3 is 2.57 bits per heavy atom. The van der Waals surface area contributed by atoms with E-state index in [9.17, 15) is 5.11 Å². The number of aliphatic hydroxyl groups is 1. The molecule has 1 atom stereocenters. The van der Waals surface area contributed by atoms with Gasteiger partial charge < -0.3 is 5.11 Å². The number of hydrogen-bond donors (Lipinski definition) is 1. The van der Waals surface area contributed by atoms with Gasteiger partial charge in [0.15, 0.2) is 0 Å². The summed E-state index contributed by atoms with van der Waals surface area (Å²) in [6.07, 6.45) is -0.355. The molecule has 2 heterocycles. The van der Waals surface area contributed by atoms with Gasteiger partial charge in [-0.1, -0.05) is 20.8 Å². The summed E-state index contributed by atoms with van der Waals surface area (Å²) in [6, 6.07) is 4.23. The fourth-order valence-corrected chi connectivity index (χ4v) is 3.70. The first-order chi connectivity index (χ1) is 6.48. The second-order valence-electron chi connectivity index (χ2n) is 4.57. The number of hydrogen-bond acceptors (Lipinski definition) is 3. The van der Waals surface area contributed by atoms with Crippen LogP contribution < -0.4 is 0 Å². The average Bonchev–Trinajstić information content (AvgIpc) is 2.58. The zero-order chi connectivity index (χ0) is 10.3. The van der Waals surface area contributed by atoms with E-state index in [0.29, 0.717) is 0 Å². The summed E-state index contributed by atoms with van der Waals surface area (Å²) in [7, 11) is 0. The minimum atomic E-state index is -0.355. The Morgan fingerprint density at radius 2 is 2.00 bits per heavy atom. The third-order valence-corrected chi connectivity index (χ3v) is 4.39. The van der Waals surface area contributed by atoms with Crippen LogP contribution in [0.5, 0.6) is 0 Å². The maximum absolute atomic E-state index is 10.1. The Labute approximate surface area is 92.0 Å². The van der Waals surface area contributed by atoms with Gasteiger partial charge in [0.25, 0.3) is 0 Å². The zero-order valence-electron chi connectivity index (χ0n) is 8.57. The highest BCUT2D eigenvalue weighted by Gasteiger charge is 2.25. The van der Waals surface area contributed by atoms with Gasteiger partial charge in [0.2, 0.25) is 0 Å². The maximum atomic E-state index is 10.1. The van der Waals surface area contributed by atoms with E-state index in [0.717, 1.165) is 4.88 Å². The molecule has 0 amide bonds. The minimum absolute atomic E-state index is 0.0764. The van der Waals surface area contributed by atoms with Crippen LogP contribution in [0.2, 0.25) is 0 Å².